The molecule has 33 heavy (non-hydrogen) atoms. The Hall–Kier alpha value is -4.69. The van der Waals surface area contributed by atoms with Crippen LogP contribution in [0.4, 0.5) is 17.5 Å². The van der Waals surface area contributed by atoms with Gasteiger partial charge in [-0.2, -0.15) is 39.6 Å². The van der Waals surface area contributed by atoms with E-state index >= 15 is 0 Å². The van der Waals surface area contributed by atoms with Gasteiger partial charge in [0.25, 0.3) is 11.9 Å². The SMILES string of the molecule is COC(=O)c1cnn(C)c1N.COc1nc(-n2nc(C)cc2N)nc(-n2nc(C)cc2N)n1. The number of nitrogen functional groups attached to an aromatic ring is 3. The van der Waals surface area contributed by atoms with Crippen LogP contribution in [-0.2, 0) is 11.8 Å². The molecule has 0 aliphatic carbocycles. The second-order valence-corrected chi connectivity index (χ2v) is 6.73. The number of methoxy groups -OCH3 is 2. The third-order valence-electron chi connectivity index (χ3n) is 4.26. The average Bonchev–Trinajstić information content (AvgIpc) is 3.43. The second kappa shape index (κ2) is 9.21. The van der Waals surface area contributed by atoms with Crippen molar-refractivity contribution in [2.24, 2.45) is 7.05 Å². The van der Waals surface area contributed by atoms with Crippen LogP contribution in [0.5, 0.6) is 6.01 Å². The molecule has 0 aromatic carbocycles. The molecule has 6 N–H and O–H groups in total. The Labute approximate surface area is 188 Å². The smallest absolute Gasteiger partial charge is 0.343 e. The van der Waals surface area contributed by atoms with E-state index in [2.05, 4.69) is 35.0 Å². The zero-order valence-corrected chi connectivity index (χ0v) is 18.7. The van der Waals surface area contributed by atoms with Gasteiger partial charge in [-0.15, -0.1) is 0 Å². The first-order valence-electron chi connectivity index (χ1n) is 9.45. The predicted molar refractivity (Wildman–Crippen MR) is 118 cm³/mol. The van der Waals surface area contributed by atoms with Gasteiger partial charge in [0.15, 0.2) is 0 Å². The molecular weight excluding hydrogens is 432 g/mol. The fourth-order valence-electron chi connectivity index (χ4n) is 2.69. The van der Waals surface area contributed by atoms with Gasteiger partial charge in [0.2, 0.25) is 0 Å². The lowest BCUT2D eigenvalue weighted by Crippen LogP contribution is -2.14. The highest BCUT2D eigenvalue weighted by Gasteiger charge is 2.16. The van der Waals surface area contributed by atoms with Crippen LogP contribution in [0.3, 0.4) is 0 Å². The number of esters is 1. The summed E-state index contributed by atoms with van der Waals surface area (Å²) in [6.45, 7) is 3.64. The molecule has 4 aromatic heterocycles. The van der Waals surface area contributed by atoms with E-state index in [4.69, 9.17) is 21.9 Å². The van der Waals surface area contributed by atoms with E-state index in [1.165, 1.54) is 34.5 Å². The fraction of sp³-hybridized carbons (Fsp3) is 0.278. The third kappa shape index (κ3) is 4.81. The van der Waals surface area contributed by atoms with Crippen LogP contribution in [0.1, 0.15) is 21.7 Å². The standard InChI is InChI=1S/C12H15N9O.C6H9N3O2/c1-6-4-8(13)20(18-6)10-15-11(17-12(16-10)22-3)21-9(14)5-7(2)19-21;1-9-5(7)4(3-8-9)6(10)11-2/h4-5H,13-14H2,1-3H3;3H,7H2,1-2H3. The fourth-order valence-corrected chi connectivity index (χ4v) is 2.69. The van der Waals surface area contributed by atoms with Gasteiger partial charge in [-0.25, -0.2) is 4.79 Å². The molecule has 0 aliphatic heterocycles. The van der Waals surface area contributed by atoms with Gasteiger partial charge in [-0.1, -0.05) is 0 Å². The number of hydrogen-bond acceptors (Lipinski definition) is 12. The van der Waals surface area contributed by atoms with E-state index in [9.17, 15) is 4.79 Å². The molecule has 0 spiro atoms. The molecule has 4 rings (SSSR count). The molecule has 4 aromatic rings. The number of anilines is 3. The lowest BCUT2D eigenvalue weighted by atomic mass is 10.3. The molecule has 0 atom stereocenters. The highest BCUT2D eigenvalue weighted by atomic mass is 16.5. The largest absolute Gasteiger partial charge is 0.467 e. The summed E-state index contributed by atoms with van der Waals surface area (Å²) in [5, 5.41) is 12.3. The van der Waals surface area contributed by atoms with E-state index in [1.807, 2.05) is 13.8 Å². The van der Waals surface area contributed by atoms with Crippen molar-refractivity contribution in [1.82, 2.24) is 44.3 Å². The Kier molecular flexibility index (Phi) is 6.41. The molecule has 0 unspecified atom stereocenters. The van der Waals surface area contributed by atoms with Gasteiger partial charge in [-0.05, 0) is 13.8 Å². The van der Waals surface area contributed by atoms with Crippen LogP contribution in [0.15, 0.2) is 18.3 Å². The summed E-state index contributed by atoms with van der Waals surface area (Å²) >= 11 is 0. The minimum atomic E-state index is -0.462. The lowest BCUT2D eigenvalue weighted by molar-refractivity contribution is 0.0602. The first-order chi connectivity index (χ1) is 15.6. The van der Waals surface area contributed by atoms with Crippen LogP contribution < -0.4 is 21.9 Å². The van der Waals surface area contributed by atoms with Crippen LogP contribution in [-0.4, -0.2) is 64.5 Å². The molecule has 0 bridgehead atoms. The van der Waals surface area contributed by atoms with Crippen LogP contribution in [0.25, 0.3) is 11.9 Å². The summed E-state index contributed by atoms with van der Waals surface area (Å²) in [5.74, 6) is 1.11. The van der Waals surface area contributed by atoms with Crippen LogP contribution >= 0.6 is 0 Å². The number of nitrogens with two attached hydrogens (primary N) is 3. The number of ether oxygens (including phenoxy) is 2. The van der Waals surface area contributed by atoms with Crippen molar-refractivity contribution in [2.45, 2.75) is 13.8 Å². The Morgan fingerprint density at radius 3 is 1.76 bits per heavy atom. The van der Waals surface area contributed by atoms with E-state index in [-0.39, 0.29) is 17.9 Å². The van der Waals surface area contributed by atoms with Gasteiger partial charge in [0.05, 0.1) is 31.8 Å². The highest BCUT2D eigenvalue weighted by Crippen LogP contribution is 2.17. The molecule has 0 radical (unpaired) electrons. The average molecular weight is 456 g/mol. The summed E-state index contributed by atoms with van der Waals surface area (Å²) in [7, 11) is 4.41. The molecule has 4 heterocycles. The molecule has 0 saturated carbocycles. The first kappa shape index (κ1) is 23.0. The minimum Gasteiger partial charge on any atom is -0.467 e. The second-order valence-electron chi connectivity index (χ2n) is 6.73. The Bertz CT molecular complexity index is 1220. The summed E-state index contributed by atoms with van der Waals surface area (Å²) in [6.07, 6.45) is 1.38. The lowest BCUT2D eigenvalue weighted by Gasteiger charge is -2.07. The van der Waals surface area contributed by atoms with E-state index in [1.54, 1.807) is 19.2 Å². The summed E-state index contributed by atoms with van der Waals surface area (Å²) < 4.78 is 13.8. The summed E-state index contributed by atoms with van der Waals surface area (Å²) in [4.78, 5) is 23.5. The van der Waals surface area contributed by atoms with Gasteiger partial charge in [0.1, 0.15) is 23.0 Å². The normalized spacial score (nSPS) is 10.5. The predicted octanol–water partition coefficient (Wildman–Crippen LogP) is -0.178. The first-order valence-corrected chi connectivity index (χ1v) is 9.45. The third-order valence-corrected chi connectivity index (χ3v) is 4.26. The maximum Gasteiger partial charge on any atom is 0.343 e. The summed E-state index contributed by atoms with van der Waals surface area (Å²) in [6, 6.07) is 3.53. The molecule has 0 saturated heterocycles. The summed E-state index contributed by atoms with van der Waals surface area (Å²) in [5.41, 5.74) is 19.1. The van der Waals surface area contributed by atoms with Crippen LogP contribution in [0, 0.1) is 13.8 Å². The van der Waals surface area contributed by atoms with Crippen molar-refractivity contribution in [3.8, 4) is 17.9 Å². The van der Waals surface area contributed by atoms with E-state index in [0.717, 1.165) is 11.4 Å². The van der Waals surface area contributed by atoms with Gasteiger partial charge >= 0.3 is 12.0 Å². The quantitative estimate of drug-likeness (QED) is 0.342. The molecule has 0 aliphatic rings. The molecule has 15 heteroatoms. The van der Waals surface area contributed by atoms with E-state index in [0.29, 0.717) is 23.0 Å². The Morgan fingerprint density at radius 2 is 1.42 bits per heavy atom. The molecule has 0 amide bonds. The zero-order valence-electron chi connectivity index (χ0n) is 18.7. The number of aromatic nitrogens is 9. The molecule has 0 fully saturated rings. The monoisotopic (exact) mass is 456 g/mol. The van der Waals surface area contributed by atoms with Crippen molar-refractivity contribution < 1.29 is 14.3 Å². The molecular formula is C18H24N12O3. The highest BCUT2D eigenvalue weighted by molar-refractivity contribution is 5.93. The number of aryl methyl sites for hydroxylation is 3. The number of carbonyl (C=O) groups is 1. The van der Waals surface area contributed by atoms with Gasteiger partial charge in [0, 0.05) is 19.2 Å². The van der Waals surface area contributed by atoms with Crippen molar-refractivity contribution in [3.63, 3.8) is 0 Å². The van der Waals surface area contributed by atoms with Gasteiger partial charge in [-0.3, -0.25) is 4.68 Å². The molecule has 15 nitrogen and oxygen atoms in total. The van der Waals surface area contributed by atoms with Crippen LogP contribution in [0.2, 0.25) is 0 Å². The van der Waals surface area contributed by atoms with Crippen molar-refractivity contribution in [1.29, 1.82) is 0 Å². The zero-order chi connectivity index (χ0) is 24.3. The maximum atomic E-state index is 10.9. The molecule has 174 valence electrons. The number of hydrogen-bond donors (Lipinski definition) is 3. The maximum absolute atomic E-state index is 10.9. The van der Waals surface area contributed by atoms with Crippen molar-refractivity contribution in [3.05, 3.63) is 35.3 Å². The number of nitrogens with zero attached hydrogens (tertiary/aromatic N) is 9. The van der Waals surface area contributed by atoms with Crippen molar-refractivity contribution in [2.75, 3.05) is 31.4 Å². The number of rotatable bonds is 4. The topological polar surface area (TPSA) is 206 Å². The minimum absolute atomic E-state index is 0.111. The number of carbonyl (C=O) groups excluding carboxylic acids is 1. The van der Waals surface area contributed by atoms with Crippen molar-refractivity contribution >= 4 is 23.4 Å². The van der Waals surface area contributed by atoms with E-state index < -0.39 is 5.97 Å². The van der Waals surface area contributed by atoms with Gasteiger partial charge < -0.3 is 26.7 Å². The Balaban J connectivity index is 0.000000235. The Morgan fingerprint density at radius 1 is 0.909 bits per heavy atom.